The van der Waals surface area contributed by atoms with Crippen LogP contribution in [0, 0.1) is 17.0 Å². The zero-order valence-electron chi connectivity index (χ0n) is 12.5. The molecular weight excluding hydrogens is 272 g/mol. The molecule has 21 heavy (non-hydrogen) atoms. The van der Waals surface area contributed by atoms with Gasteiger partial charge in [-0.3, -0.25) is 0 Å². The van der Waals surface area contributed by atoms with E-state index in [0.29, 0.717) is 18.7 Å². The first-order chi connectivity index (χ1) is 10.2. The summed E-state index contributed by atoms with van der Waals surface area (Å²) in [6.07, 6.45) is 6.37. The Morgan fingerprint density at radius 2 is 2.00 bits per heavy atom. The maximum absolute atomic E-state index is 13.2. The molecule has 0 bridgehead atoms. The van der Waals surface area contributed by atoms with Gasteiger partial charge in [-0.1, -0.05) is 18.9 Å². The van der Waals surface area contributed by atoms with E-state index in [1.807, 2.05) is 6.92 Å². The second-order valence-electron chi connectivity index (χ2n) is 6.30. The van der Waals surface area contributed by atoms with E-state index >= 15 is 0 Å². The van der Waals surface area contributed by atoms with Crippen molar-refractivity contribution in [1.29, 1.82) is 0 Å². The topological polar surface area (TPSA) is 21.3 Å². The van der Waals surface area contributed by atoms with Gasteiger partial charge in [-0.2, -0.15) is 0 Å². The molecule has 2 unspecified atom stereocenters. The van der Waals surface area contributed by atoms with Crippen LogP contribution in [0.25, 0.3) is 0 Å². The van der Waals surface area contributed by atoms with Crippen LogP contribution >= 0.6 is 0 Å². The number of hydrogen-bond donors (Lipinski definition) is 1. The van der Waals surface area contributed by atoms with E-state index in [4.69, 9.17) is 4.74 Å². The molecule has 2 saturated carbocycles. The highest BCUT2D eigenvalue weighted by atomic mass is 19.2. The molecule has 0 radical (unpaired) electrons. The lowest BCUT2D eigenvalue weighted by atomic mass is 9.60. The number of hydrogen-bond acceptors (Lipinski definition) is 2. The fourth-order valence-corrected chi connectivity index (χ4v) is 4.06. The molecule has 4 heteroatoms. The summed E-state index contributed by atoms with van der Waals surface area (Å²) in [6, 6.07) is 4.56. The Bertz CT molecular complexity index is 500. The van der Waals surface area contributed by atoms with Gasteiger partial charge in [0.2, 0.25) is 0 Å². The quantitative estimate of drug-likeness (QED) is 0.892. The average Bonchev–Trinajstić information content (AvgIpc) is 2.98. The Balaban J connectivity index is 1.61. The molecule has 0 saturated heterocycles. The highest BCUT2D eigenvalue weighted by Crippen LogP contribution is 2.54. The van der Waals surface area contributed by atoms with E-state index < -0.39 is 11.6 Å². The Morgan fingerprint density at radius 3 is 2.67 bits per heavy atom. The van der Waals surface area contributed by atoms with Crippen molar-refractivity contribution in [2.24, 2.45) is 5.41 Å². The van der Waals surface area contributed by atoms with Crippen LogP contribution in [0.3, 0.4) is 0 Å². The van der Waals surface area contributed by atoms with Crippen molar-refractivity contribution < 1.29 is 13.5 Å². The minimum absolute atomic E-state index is 0.272. The Kier molecular flexibility index (Phi) is 4.27. The summed E-state index contributed by atoms with van der Waals surface area (Å²) in [5, 5.41) is 3.53. The largest absolute Gasteiger partial charge is 0.378 e. The molecule has 1 aromatic rings. The van der Waals surface area contributed by atoms with Gasteiger partial charge >= 0.3 is 0 Å². The number of halogens is 2. The third-order valence-corrected chi connectivity index (χ3v) is 5.22. The van der Waals surface area contributed by atoms with Crippen molar-refractivity contribution in [2.45, 2.75) is 57.7 Å². The molecule has 3 rings (SSSR count). The Hall–Kier alpha value is -1.00. The highest BCUT2D eigenvalue weighted by Gasteiger charge is 2.56. The van der Waals surface area contributed by atoms with Crippen LogP contribution in [-0.2, 0) is 11.3 Å². The van der Waals surface area contributed by atoms with E-state index in [2.05, 4.69) is 5.32 Å². The summed E-state index contributed by atoms with van der Waals surface area (Å²) >= 11 is 0. The van der Waals surface area contributed by atoms with Gasteiger partial charge in [-0.05, 0) is 43.9 Å². The van der Waals surface area contributed by atoms with Crippen LogP contribution in [0.4, 0.5) is 8.78 Å². The molecule has 0 heterocycles. The molecule has 2 aliphatic rings. The maximum atomic E-state index is 13.2. The molecular formula is C17H23F2NO. The summed E-state index contributed by atoms with van der Waals surface area (Å²) in [4.78, 5) is 0. The first kappa shape index (κ1) is 14.9. The molecule has 116 valence electrons. The molecule has 0 aromatic heterocycles. The summed E-state index contributed by atoms with van der Waals surface area (Å²) in [6.45, 7) is 3.40. The normalized spacial score (nSPS) is 27.0. The minimum atomic E-state index is -0.786. The van der Waals surface area contributed by atoms with Gasteiger partial charge < -0.3 is 10.1 Å². The van der Waals surface area contributed by atoms with E-state index in [9.17, 15) is 8.78 Å². The van der Waals surface area contributed by atoms with Crippen molar-refractivity contribution in [3.8, 4) is 0 Å². The molecule has 2 fully saturated rings. The number of nitrogens with one attached hydrogen (secondary N) is 1. The monoisotopic (exact) mass is 295 g/mol. The predicted octanol–water partition coefficient (Wildman–Crippen LogP) is 3.79. The standard InChI is InChI=1S/C17H23F2NO/c1-2-21-16-10-15(17(16)7-3-4-8-17)20-11-12-5-6-13(18)14(19)9-12/h5-6,9,15-16,20H,2-4,7-8,10-11H2,1H3. The van der Waals surface area contributed by atoms with Crippen LogP contribution in [-0.4, -0.2) is 18.8 Å². The lowest BCUT2D eigenvalue weighted by molar-refractivity contribution is -0.130. The summed E-state index contributed by atoms with van der Waals surface area (Å²) in [7, 11) is 0. The van der Waals surface area contributed by atoms with Gasteiger partial charge in [0.15, 0.2) is 11.6 Å². The first-order valence-electron chi connectivity index (χ1n) is 7.94. The second kappa shape index (κ2) is 6.01. The van der Waals surface area contributed by atoms with E-state index in [-0.39, 0.29) is 5.41 Å². The zero-order chi connectivity index (χ0) is 14.9. The van der Waals surface area contributed by atoms with E-state index in [0.717, 1.165) is 18.6 Å². The van der Waals surface area contributed by atoms with Gasteiger partial charge in [0, 0.05) is 24.6 Å². The zero-order valence-corrected chi connectivity index (χ0v) is 12.5. The molecule has 2 nitrogen and oxygen atoms in total. The van der Waals surface area contributed by atoms with Crippen LogP contribution in [0.2, 0.25) is 0 Å². The summed E-state index contributed by atoms with van der Waals surface area (Å²) in [5.41, 5.74) is 1.07. The molecule has 0 aliphatic heterocycles. The maximum Gasteiger partial charge on any atom is 0.159 e. The molecule has 1 N–H and O–H groups in total. The molecule has 1 spiro atoms. The SMILES string of the molecule is CCOC1CC(NCc2ccc(F)c(F)c2)C12CCCC2. The van der Waals surface area contributed by atoms with Crippen molar-refractivity contribution in [3.05, 3.63) is 35.4 Å². The fraction of sp³-hybridized carbons (Fsp3) is 0.647. The summed E-state index contributed by atoms with van der Waals surface area (Å²) in [5.74, 6) is -1.56. The van der Waals surface area contributed by atoms with Crippen molar-refractivity contribution in [1.82, 2.24) is 5.32 Å². The smallest absolute Gasteiger partial charge is 0.159 e. The van der Waals surface area contributed by atoms with Crippen molar-refractivity contribution in [3.63, 3.8) is 0 Å². The van der Waals surface area contributed by atoms with Gasteiger partial charge in [-0.15, -0.1) is 0 Å². The number of benzene rings is 1. The van der Waals surface area contributed by atoms with Crippen LogP contribution in [0.15, 0.2) is 18.2 Å². The highest BCUT2D eigenvalue weighted by molar-refractivity contribution is 5.18. The van der Waals surface area contributed by atoms with E-state index in [1.165, 1.54) is 37.8 Å². The first-order valence-corrected chi connectivity index (χ1v) is 7.94. The number of ether oxygens (including phenoxy) is 1. The average molecular weight is 295 g/mol. The fourth-order valence-electron chi connectivity index (χ4n) is 4.06. The Morgan fingerprint density at radius 1 is 1.24 bits per heavy atom. The lowest BCUT2D eigenvalue weighted by Gasteiger charge is -2.54. The van der Waals surface area contributed by atoms with Gasteiger partial charge in [0.1, 0.15) is 0 Å². The van der Waals surface area contributed by atoms with Crippen LogP contribution in [0.5, 0.6) is 0 Å². The molecule has 0 amide bonds. The predicted molar refractivity (Wildman–Crippen MR) is 77.9 cm³/mol. The lowest BCUT2D eigenvalue weighted by Crippen LogP contribution is -2.62. The van der Waals surface area contributed by atoms with Crippen molar-refractivity contribution in [2.75, 3.05) is 6.61 Å². The molecule has 2 atom stereocenters. The molecule has 2 aliphatic carbocycles. The summed E-state index contributed by atoms with van der Waals surface area (Å²) < 4.78 is 32.1. The van der Waals surface area contributed by atoms with Gasteiger partial charge in [0.05, 0.1) is 6.10 Å². The minimum Gasteiger partial charge on any atom is -0.378 e. The number of rotatable bonds is 5. The third kappa shape index (κ3) is 2.71. The second-order valence-corrected chi connectivity index (χ2v) is 6.30. The third-order valence-electron chi connectivity index (χ3n) is 5.22. The van der Waals surface area contributed by atoms with Crippen LogP contribution in [0.1, 0.15) is 44.6 Å². The van der Waals surface area contributed by atoms with Gasteiger partial charge in [0.25, 0.3) is 0 Å². The van der Waals surface area contributed by atoms with E-state index in [1.54, 1.807) is 6.07 Å². The van der Waals surface area contributed by atoms with Crippen molar-refractivity contribution >= 4 is 0 Å². The molecule has 1 aromatic carbocycles. The van der Waals surface area contributed by atoms with Crippen LogP contribution < -0.4 is 5.32 Å². The van der Waals surface area contributed by atoms with Gasteiger partial charge in [-0.25, -0.2) is 8.78 Å². The Labute approximate surface area is 124 Å².